The fraction of sp³-hybridized carbons (Fsp3) is 1.00. The molecule has 0 saturated heterocycles. The summed E-state index contributed by atoms with van der Waals surface area (Å²) in [5.41, 5.74) is 0.322. The molecule has 0 unspecified atom stereocenters. The van der Waals surface area contributed by atoms with Crippen molar-refractivity contribution >= 4 is 0 Å². The van der Waals surface area contributed by atoms with Crippen molar-refractivity contribution in [1.29, 1.82) is 0 Å². The van der Waals surface area contributed by atoms with Crippen molar-refractivity contribution < 1.29 is 0 Å². The van der Waals surface area contributed by atoms with Crippen molar-refractivity contribution in [2.75, 3.05) is 6.54 Å². The van der Waals surface area contributed by atoms with E-state index >= 15 is 0 Å². The van der Waals surface area contributed by atoms with E-state index in [2.05, 4.69) is 33.0 Å². The Kier molecular flexibility index (Phi) is 40.4. The van der Waals surface area contributed by atoms with Gasteiger partial charge in [-0.1, -0.05) is 258 Å². The van der Waals surface area contributed by atoms with Crippen molar-refractivity contribution in [2.45, 2.75) is 290 Å². The Balaban J connectivity index is 3.24. The van der Waals surface area contributed by atoms with Crippen LogP contribution in [0.1, 0.15) is 285 Å². The predicted octanol–water partition coefficient (Wildman–Crippen LogP) is 17.0. The Hall–Kier alpha value is -0.0400. The SMILES string of the molecule is CCCCCCCCCCCCCCCCCCCCCCNC(C)(C)CCCCCCCCCCCCCCCCCCCCC. The van der Waals surface area contributed by atoms with E-state index < -0.39 is 0 Å². The monoisotopic (exact) mass is 662 g/mol. The highest BCUT2D eigenvalue weighted by Crippen LogP contribution is 2.19. The van der Waals surface area contributed by atoms with Crippen molar-refractivity contribution in [1.82, 2.24) is 5.32 Å². The van der Waals surface area contributed by atoms with Gasteiger partial charge >= 0.3 is 0 Å². The maximum absolute atomic E-state index is 3.88. The first-order valence-electron chi connectivity index (χ1n) is 22.9. The minimum Gasteiger partial charge on any atom is -0.312 e. The first-order chi connectivity index (χ1) is 23.1. The van der Waals surface area contributed by atoms with E-state index in [0.717, 1.165) is 0 Å². The third-order valence-corrected chi connectivity index (χ3v) is 11.0. The van der Waals surface area contributed by atoms with Crippen LogP contribution in [0.3, 0.4) is 0 Å². The van der Waals surface area contributed by atoms with Gasteiger partial charge in [0.1, 0.15) is 0 Å². The molecule has 0 rings (SSSR count). The molecule has 47 heavy (non-hydrogen) atoms. The molecule has 0 spiro atoms. The molecule has 0 amide bonds. The summed E-state index contributed by atoms with van der Waals surface area (Å²) < 4.78 is 0. The number of unbranched alkanes of at least 4 members (excludes halogenated alkanes) is 37. The van der Waals surface area contributed by atoms with E-state index in [-0.39, 0.29) is 0 Å². The highest BCUT2D eigenvalue weighted by molar-refractivity contribution is 4.77. The molecular weight excluding hydrogens is 567 g/mol. The lowest BCUT2D eigenvalue weighted by Crippen LogP contribution is -2.39. The Morgan fingerprint density at radius 1 is 0.255 bits per heavy atom. The smallest absolute Gasteiger partial charge is 0.0125 e. The van der Waals surface area contributed by atoms with Crippen LogP contribution in [-0.4, -0.2) is 12.1 Å². The lowest BCUT2D eigenvalue weighted by molar-refractivity contribution is 0.342. The minimum atomic E-state index is 0.322. The Labute approximate surface area is 301 Å². The summed E-state index contributed by atoms with van der Waals surface area (Å²) in [4.78, 5) is 0. The minimum absolute atomic E-state index is 0.322. The Bertz CT molecular complexity index is 539. The van der Waals surface area contributed by atoms with Gasteiger partial charge in [0.2, 0.25) is 0 Å². The molecule has 0 atom stereocenters. The van der Waals surface area contributed by atoms with E-state index in [1.807, 2.05) is 0 Å². The van der Waals surface area contributed by atoms with Crippen LogP contribution in [0.15, 0.2) is 0 Å². The first kappa shape index (κ1) is 47.0. The molecule has 284 valence electrons. The van der Waals surface area contributed by atoms with Crippen LogP contribution < -0.4 is 5.32 Å². The number of hydrogen-bond acceptors (Lipinski definition) is 1. The summed E-state index contributed by atoms with van der Waals surface area (Å²) in [5, 5.41) is 3.88. The Morgan fingerprint density at radius 2 is 0.447 bits per heavy atom. The van der Waals surface area contributed by atoms with E-state index in [9.17, 15) is 0 Å². The van der Waals surface area contributed by atoms with Crippen LogP contribution >= 0.6 is 0 Å². The van der Waals surface area contributed by atoms with Gasteiger partial charge in [-0.3, -0.25) is 0 Å². The van der Waals surface area contributed by atoms with Gasteiger partial charge in [0, 0.05) is 5.54 Å². The number of hydrogen-bond donors (Lipinski definition) is 1. The number of nitrogens with one attached hydrogen (secondary N) is 1. The molecule has 0 bridgehead atoms. The molecule has 0 aromatic heterocycles. The Morgan fingerprint density at radius 3 is 0.681 bits per heavy atom. The molecule has 0 aliphatic heterocycles. The van der Waals surface area contributed by atoms with Gasteiger partial charge in [-0.25, -0.2) is 0 Å². The van der Waals surface area contributed by atoms with Crippen LogP contribution in [-0.2, 0) is 0 Å². The summed E-state index contributed by atoms with van der Waals surface area (Å²) in [6, 6.07) is 0. The van der Waals surface area contributed by atoms with Crippen LogP contribution in [0, 0.1) is 0 Å². The van der Waals surface area contributed by atoms with E-state index in [4.69, 9.17) is 0 Å². The predicted molar refractivity (Wildman–Crippen MR) is 218 cm³/mol. The molecular formula is C46H95N. The summed E-state index contributed by atoms with van der Waals surface area (Å²) in [5.74, 6) is 0. The van der Waals surface area contributed by atoms with E-state index in [1.165, 1.54) is 263 Å². The fourth-order valence-corrected chi connectivity index (χ4v) is 7.54. The molecule has 1 heteroatoms. The molecule has 0 aliphatic rings. The average Bonchev–Trinajstić information content (AvgIpc) is 3.06. The highest BCUT2D eigenvalue weighted by Gasteiger charge is 2.15. The molecule has 0 aliphatic carbocycles. The quantitative estimate of drug-likeness (QED) is 0.0642. The summed E-state index contributed by atoms with van der Waals surface area (Å²) in [7, 11) is 0. The molecule has 0 aromatic carbocycles. The second-order valence-corrected chi connectivity index (χ2v) is 16.6. The molecule has 0 heterocycles. The third-order valence-electron chi connectivity index (χ3n) is 11.0. The second-order valence-electron chi connectivity index (χ2n) is 16.6. The van der Waals surface area contributed by atoms with Crippen LogP contribution in [0.4, 0.5) is 0 Å². The van der Waals surface area contributed by atoms with Crippen molar-refractivity contribution in [2.24, 2.45) is 0 Å². The van der Waals surface area contributed by atoms with Crippen molar-refractivity contribution in [3.8, 4) is 0 Å². The van der Waals surface area contributed by atoms with E-state index in [1.54, 1.807) is 0 Å². The topological polar surface area (TPSA) is 12.0 Å². The van der Waals surface area contributed by atoms with Gasteiger partial charge < -0.3 is 5.32 Å². The largest absolute Gasteiger partial charge is 0.312 e. The lowest BCUT2D eigenvalue weighted by atomic mass is 9.95. The molecule has 0 radical (unpaired) electrons. The van der Waals surface area contributed by atoms with Crippen LogP contribution in [0.5, 0.6) is 0 Å². The molecule has 0 aromatic rings. The summed E-state index contributed by atoms with van der Waals surface area (Å²) in [6.45, 7) is 10.7. The average molecular weight is 662 g/mol. The van der Waals surface area contributed by atoms with E-state index in [0.29, 0.717) is 5.54 Å². The zero-order valence-corrected chi connectivity index (χ0v) is 34.0. The van der Waals surface area contributed by atoms with Gasteiger partial charge in [0.15, 0.2) is 0 Å². The maximum atomic E-state index is 3.88. The van der Waals surface area contributed by atoms with Gasteiger partial charge in [-0.15, -0.1) is 0 Å². The summed E-state index contributed by atoms with van der Waals surface area (Å²) >= 11 is 0. The zero-order valence-electron chi connectivity index (χ0n) is 34.0. The van der Waals surface area contributed by atoms with Crippen LogP contribution in [0.2, 0.25) is 0 Å². The first-order valence-corrected chi connectivity index (χ1v) is 22.9. The van der Waals surface area contributed by atoms with Crippen molar-refractivity contribution in [3.05, 3.63) is 0 Å². The third kappa shape index (κ3) is 42.0. The maximum Gasteiger partial charge on any atom is 0.0125 e. The molecule has 0 fully saturated rings. The molecule has 0 saturated carbocycles. The van der Waals surface area contributed by atoms with Gasteiger partial charge in [0.05, 0.1) is 0 Å². The second kappa shape index (κ2) is 40.4. The van der Waals surface area contributed by atoms with Gasteiger partial charge in [0.25, 0.3) is 0 Å². The zero-order chi connectivity index (χ0) is 34.2. The van der Waals surface area contributed by atoms with Gasteiger partial charge in [-0.05, 0) is 33.2 Å². The lowest BCUT2D eigenvalue weighted by Gasteiger charge is -2.26. The standard InChI is InChI=1S/C46H95N/c1-5-7-9-11-13-15-17-19-21-23-25-27-29-31-33-35-37-39-41-43-45-47-46(3,4)44-42-40-38-36-34-32-30-28-26-24-22-20-18-16-14-12-10-8-6-2/h47H,5-45H2,1-4H3. The summed E-state index contributed by atoms with van der Waals surface area (Å²) in [6.07, 6.45) is 58.4. The normalized spacial score (nSPS) is 12.0. The van der Waals surface area contributed by atoms with Gasteiger partial charge in [-0.2, -0.15) is 0 Å². The van der Waals surface area contributed by atoms with Crippen LogP contribution in [0.25, 0.3) is 0 Å². The number of rotatable bonds is 42. The van der Waals surface area contributed by atoms with Crippen molar-refractivity contribution in [3.63, 3.8) is 0 Å². The molecule has 1 N–H and O–H groups in total. The highest BCUT2D eigenvalue weighted by atomic mass is 14.9. The fourth-order valence-electron chi connectivity index (χ4n) is 7.54. The molecule has 1 nitrogen and oxygen atoms in total.